The zero-order valence-electron chi connectivity index (χ0n) is 11.8. The molecule has 0 saturated carbocycles. The van der Waals surface area contributed by atoms with Crippen molar-refractivity contribution < 1.29 is 12.8 Å². The van der Waals surface area contributed by atoms with Gasteiger partial charge >= 0.3 is 5.76 Å². The van der Waals surface area contributed by atoms with E-state index >= 15 is 0 Å². The van der Waals surface area contributed by atoms with E-state index in [-0.39, 0.29) is 10.5 Å². The number of oxazole rings is 1. The number of hydrogen-bond donors (Lipinski definition) is 1. The van der Waals surface area contributed by atoms with Gasteiger partial charge in [-0.05, 0) is 30.0 Å². The first-order chi connectivity index (χ1) is 10.5. The van der Waals surface area contributed by atoms with Gasteiger partial charge in [-0.1, -0.05) is 6.07 Å². The third-order valence-corrected chi connectivity index (χ3v) is 6.14. The van der Waals surface area contributed by atoms with E-state index in [0.29, 0.717) is 18.5 Å². The summed E-state index contributed by atoms with van der Waals surface area (Å²) in [5, 5.41) is 1.96. The Kier molecular flexibility index (Phi) is 3.90. The van der Waals surface area contributed by atoms with Crippen molar-refractivity contribution in [3.8, 4) is 0 Å². The van der Waals surface area contributed by atoms with Crippen molar-refractivity contribution in [2.24, 2.45) is 0 Å². The fraction of sp³-hybridized carbons (Fsp3) is 0.214. The number of hydrogen-bond acceptors (Lipinski definition) is 5. The Labute approximate surface area is 131 Å². The molecule has 22 heavy (non-hydrogen) atoms. The molecule has 0 spiro atoms. The zero-order valence-corrected chi connectivity index (χ0v) is 13.4. The maximum Gasteiger partial charge on any atom is 0.417 e. The van der Waals surface area contributed by atoms with Gasteiger partial charge < -0.3 is 4.42 Å². The van der Waals surface area contributed by atoms with Gasteiger partial charge in [0.25, 0.3) is 0 Å². The molecule has 0 radical (unpaired) electrons. The molecule has 3 rings (SSSR count). The number of nitrogens with one attached hydrogen (secondary N) is 1. The number of aromatic amines is 1. The standard InChI is InChI=1S/C14H14N2O4S2/c1-16(7-6-10-3-2-8-21-10)22(18,19)11-4-5-12-13(9-11)20-14(17)15-12/h2-5,8-9H,6-7H2,1H3,(H,15,17). The smallest absolute Gasteiger partial charge is 0.408 e. The van der Waals surface area contributed by atoms with Gasteiger partial charge in [-0.3, -0.25) is 4.98 Å². The second kappa shape index (κ2) is 5.71. The number of aromatic nitrogens is 1. The molecule has 8 heteroatoms. The number of thiophene rings is 1. The Balaban J connectivity index is 1.84. The van der Waals surface area contributed by atoms with E-state index in [1.165, 1.54) is 22.5 Å². The average molecular weight is 338 g/mol. The Hall–Kier alpha value is -1.90. The maximum atomic E-state index is 12.5. The first-order valence-electron chi connectivity index (χ1n) is 6.58. The van der Waals surface area contributed by atoms with Gasteiger partial charge in [0, 0.05) is 24.5 Å². The molecule has 1 aromatic carbocycles. The van der Waals surface area contributed by atoms with E-state index in [9.17, 15) is 13.2 Å². The zero-order chi connectivity index (χ0) is 15.7. The molecule has 116 valence electrons. The van der Waals surface area contributed by atoms with Crippen LogP contribution >= 0.6 is 11.3 Å². The number of nitrogens with zero attached hydrogens (tertiary/aromatic N) is 1. The molecule has 1 N–H and O–H groups in total. The van der Waals surface area contributed by atoms with Crippen LogP contribution in [0.25, 0.3) is 11.1 Å². The summed E-state index contributed by atoms with van der Waals surface area (Å²) in [6.07, 6.45) is 0.662. The molecule has 0 atom stereocenters. The third kappa shape index (κ3) is 2.85. The molecule has 0 fully saturated rings. The molecule has 0 bridgehead atoms. The van der Waals surface area contributed by atoms with Crippen LogP contribution in [-0.2, 0) is 16.4 Å². The Morgan fingerprint density at radius 1 is 1.32 bits per heavy atom. The molecule has 2 aromatic heterocycles. The summed E-state index contributed by atoms with van der Waals surface area (Å²) in [5.74, 6) is -0.601. The minimum atomic E-state index is -3.61. The second-order valence-corrected chi connectivity index (χ2v) is 7.91. The topological polar surface area (TPSA) is 83.4 Å². The summed E-state index contributed by atoms with van der Waals surface area (Å²) in [7, 11) is -2.07. The number of likely N-dealkylation sites (N-methyl/N-ethyl adjacent to an activating group) is 1. The third-order valence-electron chi connectivity index (χ3n) is 3.35. The molecule has 0 amide bonds. The van der Waals surface area contributed by atoms with Crippen LogP contribution in [0.4, 0.5) is 0 Å². The van der Waals surface area contributed by atoms with Gasteiger partial charge in [0.15, 0.2) is 5.58 Å². The van der Waals surface area contributed by atoms with Crippen LogP contribution in [0.1, 0.15) is 4.88 Å². The van der Waals surface area contributed by atoms with Gasteiger partial charge in [-0.2, -0.15) is 0 Å². The van der Waals surface area contributed by atoms with Crippen LogP contribution in [0, 0.1) is 0 Å². The molecule has 0 unspecified atom stereocenters. The number of rotatable bonds is 5. The summed E-state index contributed by atoms with van der Waals surface area (Å²) >= 11 is 1.60. The quantitative estimate of drug-likeness (QED) is 0.772. The Morgan fingerprint density at radius 2 is 2.14 bits per heavy atom. The van der Waals surface area contributed by atoms with E-state index in [1.807, 2.05) is 17.5 Å². The highest BCUT2D eigenvalue weighted by molar-refractivity contribution is 7.89. The number of H-pyrrole nitrogens is 1. The summed E-state index contributed by atoms with van der Waals surface area (Å²) < 4.78 is 31.3. The van der Waals surface area contributed by atoms with Crippen LogP contribution < -0.4 is 5.76 Å². The van der Waals surface area contributed by atoms with Crippen LogP contribution in [0.5, 0.6) is 0 Å². The molecule has 0 aliphatic rings. The Bertz CT molecular complexity index is 939. The normalized spacial score (nSPS) is 12.3. The minimum absolute atomic E-state index is 0.108. The fourth-order valence-corrected chi connectivity index (χ4v) is 3.99. The monoisotopic (exact) mass is 338 g/mol. The largest absolute Gasteiger partial charge is 0.417 e. The molecule has 0 aliphatic heterocycles. The SMILES string of the molecule is CN(CCc1cccs1)S(=O)(=O)c1ccc2[nH]c(=O)oc2c1. The summed E-state index contributed by atoms with van der Waals surface area (Å²) in [6, 6.07) is 8.27. The highest BCUT2D eigenvalue weighted by Crippen LogP contribution is 2.20. The van der Waals surface area contributed by atoms with Crippen LogP contribution in [0.2, 0.25) is 0 Å². The summed E-state index contributed by atoms with van der Waals surface area (Å²) in [6.45, 7) is 0.387. The van der Waals surface area contributed by atoms with Crippen molar-refractivity contribution in [3.63, 3.8) is 0 Å². The maximum absolute atomic E-state index is 12.5. The first-order valence-corrected chi connectivity index (χ1v) is 8.90. The molecular formula is C14H14N2O4S2. The molecule has 0 saturated heterocycles. The average Bonchev–Trinajstić information content (AvgIpc) is 3.11. The van der Waals surface area contributed by atoms with E-state index in [4.69, 9.17) is 4.42 Å². The van der Waals surface area contributed by atoms with E-state index in [1.54, 1.807) is 18.4 Å². The molecule has 6 nitrogen and oxygen atoms in total. The van der Waals surface area contributed by atoms with E-state index < -0.39 is 15.8 Å². The number of benzene rings is 1. The molecule has 0 aliphatic carbocycles. The van der Waals surface area contributed by atoms with Crippen LogP contribution in [-0.4, -0.2) is 31.3 Å². The minimum Gasteiger partial charge on any atom is -0.408 e. The van der Waals surface area contributed by atoms with Crippen molar-refractivity contribution in [2.45, 2.75) is 11.3 Å². The molecule has 3 aromatic rings. The Morgan fingerprint density at radius 3 is 2.86 bits per heavy atom. The van der Waals surface area contributed by atoms with Crippen molar-refractivity contribution >= 4 is 32.5 Å². The van der Waals surface area contributed by atoms with Gasteiger partial charge in [0.05, 0.1) is 10.4 Å². The predicted molar refractivity (Wildman–Crippen MR) is 84.7 cm³/mol. The molecule has 2 heterocycles. The number of fused-ring (bicyclic) bond motifs is 1. The lowest BCUT2D eigenvalue weighted by Gasteiger charge is -2.16. The lowest BCUT2D eigenvalue weighted by molar-refractivity contribution is 0.473. The predicted octanol–water partition coefficient (Wildman–Crippen LogP) is 2.05. The van der Waals surface area contributed by atoms with Gasteiger partial charge in [-0.25, -0.2) is 17.5 Å². The van der Waals surface area contributed by atoms with Crippen molar-refractivity contribution in [1.29, 1.82) is 0 Å². The highest BCUT2D eigenvalue weighted by Gasteiger charge is 2.21. The van der Waals surface area contributed by atoms with Gasteiger partial charge in [0.2, 0.25) is 10.0 Å². The first kappa shape index (κ1) is 15.0. The lowest BCUT2D eigenvalue weighted by Crippen LogP contribution is -2.28. The number of sulfonamides is 1. The van der Waals surface area contributed by atoms with Gasteiger partial charge in [-0.15, -0.1) is 11.3 Å². The summed E-state index contributed by atoms with van der Waals surface area (Å²) in [4.78, 5) is 14.9. The van der Waals surface area contributed by atoms with E-state index in [2.05, 4.69) is 4.98 Å². The lowest BCUT2D eigenvalue weighted by atomic mass is 10.3. The second-order valence-electron chi connectivity index (χ2n) is 4.83. The van der Waals surface area contributed by atoms with Gasteiger partial charge in [0.1, 0.15) is 0 Å². The fourth-order valence-electron chi connectivity index (χ4n) is 2.11. The van der Waals surface area contributed by atoms with Crippen LogP contribution in [0.3, 0.4) is 0 Å². The van der Waals surface area contributed by atoms with Crippen LogP contribution in [0.15, 0.2) is 49.8 Å². The molecular weight excluding hydrogens is 324 g/mol. The van der Waals surface area contributed by atoms with Crippen molar-refractivity contribution in [3.05, 3.63) is 51.1 Å². The van der Waals surface area contributed by atoms with Crippen molar-refractivity contribution in [2.75, 3.05) is 13.6 Å². The summed E-state index contributed by atoms with van der Waals surface area (Å²) in [5.41, 5.74) is 0.711. The van der Waals surface area contributed by atoms with E-state index in [0.717, 1.165) is 4.88 Å². The van der Waals surface area contributed by atoms with Crippen molar-refractivity contribution in [1.82, 2.24) is 9.29 Å². The highest BCUT2D eigenvalue weighted by atomic mass is 32.2.